The lowest BCUT2D eigenvalue weighted by atomic mass is 10.2. The average Bonchev–Trinajstić information content (AvgIpc) is 3.10. The van der Waals surface area contributed by atoms with E-state index in [2.05, 4.69) is 20.6 Å². The van der Waals surface area contributed by atoms with E-state index in [0.717, 1.165) is 40.7 Å². The third-order valence-electron chi connectivity index (χ3n) is 3.67. The number of ether oxygens (including phenoxy) is 1. The molecule has 0 amide bonds. The highest BCUT2D eigenvalue weighted by atomic mass is 16.5. The van der Waals surface area contributed by atoms with Crippen LogP contribution in [-0.2, 0) is 13.6 Å². The largest absolute Gasteiger partial charge is 0.494 e. The van der Waals surface area contributed by atoms with Gasteiger partial charge in [0.15, 0.2) is 0 Å². The summed E-state index contributed by atoms with van der Waals surface area (Å²) in [7, 11) is 9.46. The second-order valence-electron chi connectivity index (χ2n) is 5.65. The Labute approximate surface area is 134 Å². The van der Waals surface area contributed by atoms with Crippen molar-refractivity contribution in [3.05, 3.63) is 24.0 Å². The minimum absolute atomic E-state index is 0.726. The first-order valence-corrected chi connectivity index (χ1v) is 7.32. The third kappa shape index (κ3) is 2.72. The lowest BCUT2D eigenvalue weighted by Crippen LogP contribution is -2.10. The van der Waals surface area contributed by atoms with Crippen molar-refractivity contribution in [2.24, 2.45) is 7.05 Å². The zero-order valence-electron chi connectivity index (χ0n) is 14.0. The van der Waals surface area contributed by atoms with Gasteiger partial charge in [0, 0.05) is 26.7 Å². The molecule has 0 bridgehead atoms. The van der Waals surface area contributed by atoms with Gasteiger partial charge in [-0.05, 0) is 20.2 Å². The van der Waals surface area contributed by atoms with E-state index in [-0.39, 0.29) is 0 Å². The van der Waals surface area contributed by atoms with E-state index in [0.29, 0.717) is 0 Å². The summed E-state index contributed by atoms with van der Waals surface area (Å²) in [4.78, 5) is 6.62. The minimum Gasteiger partial charge on any atom is -0.494 e. The quantitative estimate of drug-likeness (QED) is 0.764. The number of fused-ring (bicyclic) bond motifs is 1. The lowest BCUT2D eigenvalue weighted by Gasteiger charge is -2.09. The van der Waals surface area contributed by atoms with Crippen molar-refractivity contribution in [2.75, 3.05) is 33.6 Å². The van der Waals surface area contributed by atoms with Crippen molar-refractivity contribution in [2.45, 2.75) is 6.54 Å². The summed E-state index contributed by atoms with van der Waals surface area (Å²) in [6.45, 7) is 0.734. The summed E-state index contributed by atoms with van der Waals surface area (Å²) in [5.41, 5.74) is 3.58. The maximum Gasteiger partial charge on any atom is 0.203 e. The SMILES string of the molecule is CNc1nc2cc(-n3cc(CN(C)C)nn3)c(OC)cc2n1C. The Kier molecular flexibility index (Phi) is 3.91. The standard InChI is InChI=1S/C15H21N7O/c1-16-15-17-11-6-13(14(23-5)7-12(11)21(15)4)22-9-10(18-19-22)8-20(2)3/h6-7,9H,8H2,1-5H3,(H,16,17). The van der Waals surface area contributed by atoms with Gasteiger partial charge in [0.2, 0.25) is 5.95 Å². The van der Waals surface area contributed by atoms with Crippen LogP contribution in [0.3, 0.4) is 0 Å². The van der Waals surface area contributed by atoms with Gasteiger partial charge in [0.1, 0.15) is 11.4 Å². The normalized spacial score (nSPS) is 11.4. The van der Waals surface area contributed by atoms with Gasteiger partial charge >= 0.3 is 0 Å². The van der Waals surface area contributed by atoms with Gasteiger partial charge in [0.05, 0.1) is 30.0 Å². The van der Waals surface area contributed by atoms with Crippen LogP contribution in [0.15, 0.2) is 18.3 Å². The molecule has 122 valence electrons. The number of nitrogens with zero attached hydrogens (tertiary/aromatic N) is 6. The fourth-order valence-corrected chi connectivity index (χ4v) is 2.59. The fraction of sp³-hybridized carbons (Fsp3) is 0.400. The van der Waals surface area contributed by atoms with Gasteiger partial charge in [-0.15, -0.1) is 5.10 Å². The number of aromatic nitrogens is 5. The fourth-order valence-electron chi connectivity index (χ4n) is 2.59. The van der Waals surface area contributed by atoms with Crippen molar-refractivity contribution in [1.29, 1.82) is 0 Å². The Morgan fingerprint density at radius 3 is 2.74 bits per heavy atom. The molecule has 0 aliphatic carbocycles. The Morgan fingerprint density at radius 2 is 2.09 bits per heavy atom. The number of rotatable bonds is 5. The highest BCUT2D eigenvalue weighted by Gasteiger charge is 2.15. The molecule has 0 atom stereocenters. The van der Waals surface area contributed by atoms with Crippen LogP contribution in [0, 0.1) is 0 Å². The molecular formula is C15H21N7O. The molecule has 0 unspecified atom stereocenters. The summed E-state index contributed by atoms with van der Waals surface area (Å²) in [6, 6.07) is 3.93. The molecule has 0 saturated carbocycles. The lowest BCUT2D eigenvalue weighted by molar-refractivity contribution is 0.396. The van der Waals surface area contributed by atoms with Crippen LogP contribution in [0.5, 0.6) is 5.75 Å². The highest BCUT2D eigenvalue weighted by Crippen LogP contribution is 2.29. The zero-order valence-corrected chi connectivity index (χ0v) is 14.0. The number of benzene rings is 1. The van der Waals surface area contributed by atoms with Gasteiger partial charge in [-0.2, -0.15) is 0 Å². The average molecular weight is 315 g/mol. The summed E-state index contributed by atoms with van der Waals surface area (Å²) in [5, 5.41) is 11.5. The molecule has 1 N–H and O–H groups in total. The van der Waals surface area contributed by atoms with E-state index < -0.39 is 0 Å². The first-order chi connectivity index (χ1) is 11.0. The van der Waals surface area contributed by atoms with E-state index in [1.54, 1.807) is 11.8 Å². The van der Waals surface area contributed by atoms with Crippen LogP contribution in [-0.4, -0.2) is 57.7 Å². The van der Waals surface area contributed by atoms with Crippen LogP contribution in [0.4, 0.5) is 5.95 Å². The molecule has 0 aliphatic heterocycles. The van der Waals surface area contributed by atoms with E-state index >= 15 is 0 Å². The Morgan fingerprint density at radius 1 is 1.30 bits per heavy atom. The molecule has 8 heteroatoms. The molecule has 0 fully saturated rings. The van der Waals surface area contributed by atoms with Gasteiger partial charge in [-0.25, -0.2) is 9.67 Å². The van der Waals surface area contributed by atoms with Crippen molar-refractivity contribution >= 4 is 17.0 Å². The number of aryl methyl sites for hydroxylation is 1. The summed E-state index contributed by atoms with van der Waals surface area (Å²) in [5.74, 6) is 1.52. The molecule has 0 spiro atoms. The Hall–Kier alpha value is -2.61. The third-order valence-corrected chi connectivity index (χ3v) is 3.67. The molecule has 2 heterocycles. The predicted molar refractivity (Wildman–Crippen MR) is 89.1 cm³/mol. The van der Waals surface area contributed by atoms with Crippen molar-refractivity contribution in [3.8, 4) is 11.4 Å². The van der Waals surface area contributed by atoms with Crippen LogP contribution in [0.25, 0.3) is 16.7 Å². The topological polar surface area (TPSA) is 73.0 Å². The predicted octanol–water partition coefficient (Wildman–Crippen LogP) is 1.27. The monoisotopic (exact) mass is 315 g/mol. The Bertz CT molecular complexity index is 834. The first-order valence-electron chi connectivity index (χ1n) is 7.32. The van der Waals surface area contributed by atoms with E-state index in [1.807, 2.05) is 56.0 Å². The van der Waals surface area contributed by atoms with E-state index in [4.69, 9.17) is 4.74 Å². The second kappa shape index (κ2) is 5.88. The summed E-state index contributed by atoms with van der Waals surface area (Å²) < 4.78 is 9.25. The van der Waals surface area contributed by atoms with E-state index in [9.17, 15) is 0 Å². The van der Waals surface area contributed by atoms with Gasteiger partial charge in [-0.1, -0.05) is 5.21 Å². The molecule has 0 saturated heterocycles. The smallest absolute Gasteiger partial charge is 0.203 e. The molecule has 3 rings (SSSR count). The molecule has 2 aromatic heterocycles. The highest BCUT2D eigenvalue weighted by molar-refractivity contribution is 5.83. The van der Waals surface area contributed by atoms with Crippen LogP contribution >= 0.6 is 0 Å². The molecule has 1 aromatic carbocycles. The van der Waals surface area contributed by atoms with Crippen LogP contribution in [0.1, 0.15) is 5.69 Å². The maximum atomic E-state index is 5.54. The molecule has 3 aromatic rings. The van der Waals surface area contributed by atoms with Crippen molar-refractivity contribution in [3.63, 3.8) is 0 Å². The number of methoxy groups -OCH3 is 1. The summed E-state index contributed by atoms with van der Waals surface area (Å²) in [6.07, 6.45) is 1.91. The second-order valence-corrected chi connectivity index (χ2v) is 5.65. The van der Waals surface area contributed by atoms with Gasteiger partial charge in [0.25, 0.3) is 0 Å². The molecule has 0 radical (unpaired) electrons. The van der Waals surface area contributed by atoms with Crippen LogP contribution < -0.4 is 10.1 Å². The van der Waals surface area contributed by atoms with Crippen LogP contribution in [0.2, 0.25) is 0 Å². The minimum atomic E-state index is 0.726. The molecule has 0 aliphatic rings. The zero-order chi connectivity index (χ0) is 16.6. The number of anilines is 1. The molecule has 8 nitrogen and oxygen atoms in total. The molecular weight excluding hydrogens is 294 g/mol. The number of hydrogen-bond acceptors (Lipinski definition) is 6. The summed E-state index contributed by atoms with van der Waals surface area (Å²) >= 11 is 0. The Balaban J connectivity index is 2.10. The van der Waals surface area contributed by atoms with Gasteiger partial charge in [-0.3, -0.25) is 0 Å². The van der Waals surface area contributed by atoms with E-state index in [1.165, 1.54) is 0 Å². The number of imidazole rings is 1. The number of hydrogen-bond donors (Lipinski definition) is 1. The van der Waals surface area contributed by atoms with Crippen molar-refractivity contribution < 1.29 is 4.74 Å². The first kappa shape index (κ1) is 15.3. The van der Waals surface area contributed by atoms with Crippen molar-refractivity contribution in [1.82, 2.24) is 29.4 Å². The van der Waals surface area contributed by atoms with Gasteiger partial charge < -0.3 is 19.5 Å². The maximum absolute atomic E-state index is 5.54. The molecule has 23 heavy (non-hydrogen) atoms. The number of nitrogens with one attached hydrogen (secondary N) is 1.